The highest BCUT2D eigenvalue weighted by Crippen LogP contribution is 2.51. The molecule has 1 aliphatic carbocycles. The molecule has 0 aromatic carbocycles. The average molecular weight is 248 g/mol. The van der Waals surface area contributed by atoms with Gasteiger partial charge in [-0.1, -0.05) is 13.8 Å². The maximum absolute atomic E-state index is 5.27. The Balaban J connectivity index is 1.89. The second-order valence-electron chi connectivity index (χ2n) is 5.76. The lowest BCUT2D eigenvalue weighted by molar-refractivity contribution is 0.337. The first-order chi connectivity index (χ1) is 8.55. The van der Waals surface area contributed by atoms with Gasteiger partial charge in [0.1, 0.15) is 5.75 Å². The quantitative estimate of drug-likeness (QED) is 0.840. The van der Waals surface area contributed by atoms with E-state index in [1.807, 2.05) is 19.1 Å². The first-order valence-electron chi connectivity index (χ1n) is 6.78. The van der Waals surface area contributed by atoms with Gasteiger partial charge in [0, 0.05) is 30.9 Å². The largest absolute Gasteiger partial charge is 0.497 e. The Hall–Kier alpha value is -1.09. The Bertz CT molecular complexity index is 411. The van der Waals surface area contributed by atoms with Crippen molar-refractivity contribution in [3.05, 3.63) is 23.5 Å². The van der Waals surface area contributed by atoms with Crippen molar-refractivity contribution < 1.29 is 4.74 Å². The van der Waals surface area contributed by atoms with E-state index in [0.29, 0.717) is 5.41 Å². The highest BCUT2D eigenvalue weighted by Gasteiger charge is 2.44. The third kappa shape index (κ3) is 3.02. The molecule has 100 valence electrons. The summed E-state index contributed by atoms with van der Waals surface area (Å²) in [7, 11) is 1.70. The molecule has 3 heteroatoms. The van der Waals surface area contributed by atoms with Gasteiger partial charge in [-0.25, -0.2) is 0 Å². The van der Waals surface area contributed by atoms with Crippen LogP contribution in [-0.2, 0) is 6.54 Å². The van der Waals surface area contributed by atoms with Crippen LogP contribution in [0.2, 0.25) is 0 Å². The third-order valence-corrected chi connectivity index (χ3v) is 4.12. The molecule has 1 saturated carbocycles. The molecule has 1 fully saturated rings. The SMILES string of the molecule is COc1cc(C)nc(CNCC2(C(C)C)CC2)c1. The minimum Gasteiger partial charge on any atom is -0.497 e. The number of hydrogen-bond acceptors (Lipinski definition) is 3. The number of methoxy groups -OCH3 is 1. The molecule has 1 aromatic heterocycles. The van der Waals surface area contributed by atoms with Crippen LogP contribution < -0.4 is 10.1 Å². The van der Waals surface area contributed by atoms with Crippen LogP contribution in [0.5, 0.6) is 5.75 Å². The van der Waals surface area contributed by atoms with E-state index in [1.165, 1.54) is 12.8 Å². The molecule has 0 unspecified atom stereocenters. The molecule has 1 aromatic rings. The summed E-state index contributed by atoms with van der Waals surface area (Å²) in [5.41, 5.74) is 2.62. The summed E-state index contributed by atoms with van der Waals surface area (Å²) in [6.07, 6.45) is 2.73. The monoisotopic (exact) mass is 248 g/mol. The molecular weight excluding hydrogens is 224 g/mol. The van der Waals surface area contributed by atoms with Crippen molar-refractivity contribution in [3.8, 4) is 5.75 Å². The van der Waals surface area contributed by atoms with Crippen molar-refractivity contribution in [1.29, 1.82) is 0 Å². The first kappa shape index (κ1) is 13.3. The molecule has 0 spiro atoms. The van der Waals surface area contributed by atoms with Gasteiger partial charge in [-0.3, -0.25) is 4.98 Å². The van der Waals surface area contributed by atoms with Crippen molar-refractivity contribution >= 4 is 0 Å². The highest BCUT2D eigenvalue weighted by atomic mass is 16.5. The van der Waals surface area contributed by atoms with E-state index in [4.69, 9.17) is 4.74 Å². The Morgan fingerprint density at radius 1 is 1.39 bits per heavy atom. The lowest BCUT2D eigenvalue weighted by atomic mass is 9.92. The Labute approximate surface area is 110 Å². The van der Waals surface area contributed by atoms with Gasteiger partial charge in [-0.05, 0) is 31.1 Å². The molecule has 0 amide bonds. The molecule has 2 rings (SSSR count). The number of ether oxygens (including phenoxy) is 1. The number of pyridine rings is 1. The smallest absolute Gasteiger partial charge is 0.122 e. The summed E-state index contributed by atoms with van der Waals surface area (Å²) in [6, 6.07) is 3.97. The van der Waals surface area contributed by atoms with Gasteiger partial charge in [0.05, 0.1) is 12.8 Å². The van der Waals surface area contributed by atoms with Gasteiger partial charge in [-0.2, -0.15) is 0 Å². The molecule has 0 bridgehead atoms. The fourth-order valence-electron chi connectivity index (χ4n) is 2.47. The Morgan fingerprint density at radius 2 is 2.11 bits per heavy atom. The molecule has 0 saturated heterocycles. The summed E-state index contributed by atoms with van der Waals surface area (Å²) in [5, 5.41) is 3.55. The number of nitrogens with one attached hydrogen (secondary N) is 1. The van der Waals surface area contributed by atoms with E-state index in [0.717, 1.165) is 36.1 Å². The van der Waals surface area contributed by atoms with Crippen molar-refractivity contribution in [2.75, 3.05) is 13.7 Å². The molecule has 0 atom stereocenters. The summed E-state index contributed by atoms with van der Waals surface area (Å²) in [6.45, 7) is 8.57. The fourth-order valence-corrected chi connectivity index (χ4v) is 2.47. The van der Waals surface area contributed by atoms with Crippen LogP contribution in [0.4, 0.5) is 0 Å². The van der Waals surface area contributed by atoms with Crippen LogP contribution in [0.25, 0.3) is 0 Å². The maximum Gasteiger partial charge on any atom is 0.122 e. The zero-order valence-electron chi connectivity index (χ0n) is 11.9. The summed E-state index contributed by atoms with van der Waals surface area (Å²) in [4.78, 5) is 4.52. The Morgan fingerprint density at radius 3 is 2.67 bits per heavy atom. The second kappa shape index (κ2) is 5.27. The minimum absolute atomic E-state index is 0.550. The van der Waals surface area contributed by atoms with E-state index >= 15 is 0 Å². The van der Waals surface area contributed by atoms with Crippen molar-refractivity contribution in [2.24, 2.45) is 11.3 Å². The van der Waals surface area contributed by atoms with E-state index in [-0.39, 0.29) is 0 Å². The van der Waals surface area contributed by atoms with Crippen LogP contribution in [0, 0.1) is 18.3 Å². The zero-order valence-corrected chi connectivity index (χ0v) is 11.9. The topological polar surface area (TPSA) is 34.1 Å². The van der Waals surface area contributed by atoms with E-state index in [1.54, 1.807) is 7.11 Å². The maximum atomic E-state index is 5.27. The molecule has 18 heavy (non-hydrogen) atoms. The summed E-state index contributed by atoms with van der Waals surface area (Å²) >= 11 is 0. The number of rotatable bonds is 6. The minimum atomic E-state index is 0.550. The number of nitrogens with zero attached hydrogens (tertiary/aromatic N) is 1. The molecule has 1 N–H and O–H groups in total. The predicted octanol–water partition coefficient (Wildman–Crippen LogP) is 2.92. The normalized spacial score (nSPS) is 16.9. The van der Waals surface area contributed by atoms with Gasteiger partial charge in [0.15, 0.2) is 0 Å². The summed E-state index contributed by atoms with van der Waals surface area (Å²) in [5.74, 6) is 1.66. The van der Waals surface area contributed by atoms with E-state index < -0.39 is 0 Å². The van der Waals surface area contributed by atoms with Gasteiger partial charge in [0.2, 0.25) is 0 Å². The van der Waals surface area contributed by atoms with Gasteiger partial charge >= 0.3 is 0 Å². The molecule has 3 nitrogen and oxygen atoms in total. The molecule has 1 aliphatic rings. The molecular formula is C15H24N2O. The van der Waals surface area contributed by atoms with Crippen LogP contribution in [-0.4, -0.2) is 18.6 Å². The van der Waals surface area contributed by atoms with Gasteiger partial charge < -0.3 is 10.1 Å². The van der Waals surface area contributed by atoms with Crippen LogP contribution in [0.1, 0.15) is 38.1 Å². The lowest BCUT2D eigenvalue weighted by Crippen LogP contribution is -2.27. The van der Waals surface area contributed by atoms with Crippen LogP contribution in [0.15, 0.2) is 12.1 Å². The third-order valence-electron chi connectivity index (χ3n) is 4.12. The predicted molar refractivity (Wildman–Crippen MR) is 73.7 cm³/mol. The summed E-state index contributed by atoms with van der Waals surface area (Å²) < 4.78 is 5.27. The van der Waals surface area contributed by atoms with Crippen molar-refractivity contribution in [2.45, 2.75) is 40.2 Å². The second-order valence-corrected chi connectivity index (χ2v) is 5.76. The average Bonchev–Trinajstić information content (AvgIpc) is 3.09. The van der Waals surface area contributed by atoms with E-state index in [2.05, 4.69) is 24.1 Å². The van der Waals surface area contributed by atoms with Gasteiger partial charge in [-0.15, -0.1) is 0 Å². The van der Waals surface area contributed by atoms with E-state index in [9.17, 15) is 0 Å². The molecule has 0 aliphatic heterocycles. The Kier molecular flexibility index (Phi) is 3.91. The zero-order chi connectivity index (χ0) is 13.2. The fraction of sp³-hybridized carbons (Fsp3) is 0.667. The van der Waals surface area contributed by atoms with Crippen molar-refractivity contribution in [3.63, 3.8) is 0 Å². The van der Waals surface area contributed by atoms with Crippen LogP contribution in [0.3, 0.4) is 0 Å². The van der Waals surface area contributed by atoms with Gasteiger partial charge in [0.25, 0.3) is 0 Å². The number of aromatic nitrogens is 1. The molecule has 0 radical (unpaired) electrons. The highest BCUT2D eigenvalue weighted by molar-refractivity contribution is 5.26. The lowest BCUT2D eigenvalue weighted by Gasteiger charge is -2.20. The number of hydrogen-bond donors (Lipinski definition) is 1. The van der Waals surface area contributed by atoms with Crippen molar-refractivity contribution in [1.82, 2.24) is 10.3 Å². The molecule has 1 heterocycles. The standard InChI is InChI=1S/C15H24N2O/c1-11(2)15(5-6-15)10-16-9-13-8-14(18-4)7-12(3)17-13/h7-8,11,16H,5-6,9-10H2,1-4H3. The first-order valence-corrected chi connectivity index (χ1v) is 6.78. The van der Waals surface area contributed by atoms with Crippen LogP contribution >= 0.6 is 0 Å². The number of aryl methyl sites for hydroxylation is 1.